The van der Waals surface area contributed by atoms with Crippen LogP contribution in [0.15, 0.2) is 24.3 Å². The summed E-state index contributed by atoms with van der Waals surface area (Å²) in [6.07, 6.45) is 2.60. The molecule has 0 aliphatic carbocycles. The molecule has 0 atom stereocenters. The maximum atomic E-state index is 3.97. The lowest BCUT2D eigenvalue weighted by Crippen LogP contribution is -1.75. The van der Waals surface area contributed by atoms with Crippen molar-refractivity contribution in [3.05, 3.63) is 42.6 Å². The third-order valence-electron chi connectivity index (χ3n) is 1.33. The molecule has 45 valence electrons. The van der Waals surface area contributed by atoms with E-state index in [1.54, 1.807) is 0 Å². The molecule has 3 radical (unpaired) electrons. The molecule has 0 unspecified atom stereocenters. The minimum absolute atomic E-state index is 0.918. The SMILES string of the molecule is [c]1[c]nc2ccccc2[c]1. The summed E-state index contributed by atoms with van der Waals surface area (Å²) in [5, 5.41) is 0.987. The number of nitrogens with zero attached hydrogens (tertiary/aromatic N) is 1. The lowest BCUT2D eigenvalue weighted by molar-refractivity contribution is 1.38. The Labute approximate surface area is 59.3 Å². The monoisotopic (exact) mass is 126 g/mol. The molecular weight excluding hydrogens is 122 g/mol. The number of benzene rings is 1. The van der Waals surface area contributed by atoms with E-state index in [0.29, 0.717) is 0 Å². The first-order valence-electron chi connectivity index (χ1n) is 3.02. The van der Waals surface area contributed by atoms with Gasteiger partial charge in [-0.25, -0.2) is 4.98 Å². The van der Waals surface area contributed by atoms with Crippen LogP contribution < -0.4 is 0 Å². The van der Waals surface area contributed by atoms with Gasteiger partial charge in [0.05, 0.1) is 11.7 Å². The molecule has 0 bridgehead atoms. The molecule has 0 spiro atoms. The molecule has 10 heavy (non-hydrogen) atoms. The molecule has 0 saturated heterocycles. The first kappa shape index (κ1) is 5.42. The molecule has 0 saturated carbocycles. The maximum absolute atomic E-state index is 3.97. The van der Waals surface area contributed by atoms with Gasteiger partial charge in [-0.1, -0.05) is 18.2 Å². The Morgan fingerprint density at radius 1 is 1.20 bits per heavy atom. The zero-order valence-electron chi connectivity index (χ0n) is 5.26. The molecule has 1 aromatic carbocycles. The van der Waals surface area contributed by atoms with Gasteiger partial charge in [0.25, 0.3) is 0 Å². The largest absolute Gasteiger partial charge is 0.245 e. The van der Waals surface area contributed by atoms with Gasteiger partial charge >= 0.3 is 0 Å². The van der Waals surface area contributed by atoms with Gasteiger partial charge in [0.15, 0.2) is 0 Å². The summed E-state index contributed by atoms with van der Waals surface area (Å²) >= 11 is 0. The maximum Gasteiger partial charge on any atom is 0.0986 e. The summed E-state index contributed by atoms with van der Waals surface area (Å²) in [7, 11) is 0. The fourth-order valence-corrected chi connectivity index (χ4v) is 0.860. The van der Waals surface area contributed by atoms with E-state index in [1.165, 1.54) is 0 Å². The van der Waals surface area contributed by atoms with Gasteiger partial charge in [-0.05, 0) is 6.07 Å². The third kappa shape index (κ3) is 0.760. The molecule has 1 aromatic heterocycles. The summed E-state index contributed by atoms with van der Waals surface area (Å²) in [5.41, 5.74) is 0.918. The van der Waals surface area contributed by atoms with Gasteiger partial charge in [-0.15, -0.1) is 0 Å². The van der Waals surface area contributed by atoms with Crippen LogP contribution in [0.5, 0.6) is 0 Å². The fourth-order valence-electron chi connectivity index (χ4n) is 0.860. The van der Waals surface area contributed by atoms with Crippen LogP contribution >= 0.6 is 0 Å². The van der Waals surface area contributed by atoms with Crippen molar-refractivity contribution in [1.29, 1.82) is 0 Å². The van der Waals surface area contributed by atoms with Crippen molar-refractivity contribution in [3.8, 4) is 0 Å². The average molecular weight is 126 g/mol. The lowest BCUT2D eigenvalue weighted by Gasteiger charge is -1.90. The summed E-state index contributed by atoms with van der Waals surface area (Å²) < 4.78 is 0. The first-order valence-corrected chi connectivity index (χ1v) is 3.02. The number of hydrogen-bond acceptors (Lipinski definition) is 1. The van der Waals surface area contributed by atoms with Crippen LogP contribution in [0, 0.1) is 18.3 Å². The van der Waals surface area contributed by atoms with Crippen molar-refractivity contribution >= 4 is 10.9 Å². The molecule has 1 heteroatoms. The van der Waals surface area contributed by atoms with Gasteiger partial charge in [-0.2, -0.15) is 0 Å². The Morgan fingerprint density at radius 3 is 3.00 bits per heavy atom. The minimum Gasteiger partial charge on any atom is -0.245 e. The fraction of sp³-hybridized carbons (Fsp3) is 0. The minimum atomic E-state index is 0.918. The Morgan fingerprint density at radius 2 is 2.10 bits per heavy atom. The highest BCUT2D eigenvalue weighted by Crippen LogP contribution is 2.06. The molecule has 2 aromatic rings. The molecule has 1 heterocycles. The second kappa shape index (κ2) is 2.10. The van der Waals surface area contributed by atoms with Gasteiger partial charge in [0.1, 0.15) is 0 Å². The van der Waals surface area contributed by atoms with Crippen LogP contribution in [0.4, 0.5) is 0 Å². The number of para-hydroxylation sites is 1. The van der Waals surface area contributed by atoms with Crippen molar-refractivity contribution < 1.29 is 0 Å². The second-order valence-corrected chi connectivity index (χ2v) is 1.99. The molecule has 0 aliphatic heterocycles. The summed E-state index contributed by atoms with van der Waals surface area (Å²) in [6, 6.07) is 13.4. The molecule has 0 amide bonds. The van der Waals surface area contributed by atoms with Crippen LogP contribution in [-0.2, 0) is 0 Å². The predicted molar refractivity (Wildman–Crippen MR) is 38.3 cm³/mol. The zero-order chi connectivity index (χ0) is 6.81. The van der Waals surface area contributed by atoms with Crippen molar-refractivity contribution in [3.63, 3.8) is 0 Å². The van der Waals surface area contributed by atoms with Crippen LogP contribution in [0.25, 0.3) is 10.9 Å². The van der Waals surface area contributed by atoms with E-state index < -0.39 is 0 Å². The predicted octanol–water partition coefficient (Wildman–Crippen LogP) is 1.64. The van der Waals surface area contributed by atoms with E-state index >= 15 is 0 Å². The number of rotatable bonds is 0. The van der Waals surface area contributed by atoms with Crippen molar-refractivity contribution in [2.75, 3.05) is 0 Å². The summed E-state index contributed by atoms with van der Waals surface area (Å²) in [6.45, 7) is 0. The quantitative estimate of drug-likeness (QED) is 0.522. The van der Waals surface area contributed by atoms with Gasteiger partial charge in [0.2, 0.25) is 0 Å². The van der Waals surface area contributed by atoms with Crippen LogP contribution in [0.1, 0.15) is 0 Å². The van der Waals surface area contributed by atoms with E-state index in [0.717, 1.165) is 10.9 Å². The highest BCUT2D eigenvalue weighted by Gasteiger charge is 1.88. The number of fused-ring (bicyclic) bond motifs is 1. The number of pyridine rings is 1. The first-order chi connectivity index (χ1) is 4.97. The standard InChI is InChI=1S/C9H4N/c1-2-6-9-8(4-1)5-3-7-10-9/h1-2,4,6H. The van der Waals surface area contributed by atoms with Gasteiger partial charge in [-0.3, -0.25) is 0 Å². The Balaban J connectivity index is 2.89. The van der Waals surface area contributed by atoms with Gasteiger partial charge in [0, 0.05) is 17.5 Å². The van der Waals surface area contributed by atoms with Crippen LogP contribution in [-0.4, -0.2) is 4.98 Å². The highest BCUT2D eigenvalue weighted by molar-refractivity contribution is 5.76. The Kier molecular flexibility index (Phi) is 1.14. The molecular formula is C9H4N. The molecule has 0 fully saturated rings. The van der Waals surface area contributed by atoms with Crippen LogP contribution in [0.3, 0.4) is 0 Å². The third-order valence-corrected chi connectivity index (χ3v) is 1.33. The number of hydrogen-bond donors (Lipinski definition) is 0. The second-order valence-electron chi connectivity index (χ2n) is 1.99. The average Bonchev–Trinajstić information content (AvgIpc) is 2.05. The van der Waals surface area contributed by atoms with Crippen molar-refractivity contribution in [2.24, 2.45) is 0 Å². The highest BCUT2D eigenvalue weighted by atomic mass is 14.6. The van der Waals surface area contributed by atoms with Gasteiger partial charge < -0.3 is 0 Å². The number of aromatic nitrogens is 1. The normalized spacial score (nSPS) is 10.0. The van der Waals surface area contributed by atoms with E-state index in [2.05, 4.69) is 23.3 Å². The van der Waals surface area contributed by atoms with E-state index in [-0.39, 0.29) is 0 Å². The van der Waals surface area contributed by atoms with Crippen molar-refractivity contribution in [2.45, 2.75) is 0 Å². The molecule has 2 rings (SSSR count). The van der Waals surface area contributed by atoms with Crippen molar-refractivity contribution in [1.82, 2.24) is 4.98 Å². The molecule has 0 N–H and O–H groups in total. The topological polar surface area (TPSA) is 12.9 Å². The molecule has 1 nitrogen and oxygen atoms in total. The van der Waals surface area contributed by atoms with E-state index in [4.69, 9.17) is 0 Å². The summed E-state index contributed by atoms with van der Waals surface area (Å²) in [5.74, 6) is 0. The molecule has 0 aliphatic rings. The Hall–Kier alpha value is -1.37. The van der Waals surface area contributed by atoms with E-state index in [1.807, 2.05) is 24.3 Å². The van der Waals surface area contributed by atoms with E-state index in [9.17, 15) is 0 Å². The lowest BCUT2D eigenvalue weighted by atomic mass is 10.2. The smallest absolute Gasteiger partial charge is 0.0986 e. The van der Waals surface area contributed by atoms with Crippen LogP contribution in [0.2, 0.25) is 0 Å². The Bertz CT molecular complexity index is 276. The summed E-state index contributed by atoms with van der Waals surface area (Å²) in [4.78, 5) is 3.97. The zero-order valence-corrected chi connectivity index (χ0v) is 5.26.